The Morgan fingerprint density at radius 3 is 2.10 bits per heavy atom. The van der Waals surface area contributed by atoms with E-state index in [1.165, 1.54) is 18.2 Å². The Morgan fingerprint density at radius 1 is 0.881 bits per heavy atom. The molecule has 0 fully saturated rings. The molecule has 0 saturated heterocycles. The summed E-state index contributed by atoms with van der Waals surface area (Å²) in [6.45, 7) is 0. The lowest BCUT2D eigenvalue weighted by atomic mass is 10.0. The molecule has 1 atom stereocenters. The van der Waals surface area contributed by atoms with E-state index in [0.717, 1.165) is 24.3 Å². The third kappa shape index (κ3) is 6.27. The van der Waals surface area contributed by atoms with E-state index in [0.29, 0.717) is 17.0 Å². The van der Waals surface area contributed by atoms with Crippen LogP contribution < -0.4 is 0 Å². The molecule has 14 nitrogen and oxygen atoms in total. The molecular weight excluding hydrogens is 730 g/mol. The highest BCUT2D eigenvalue weighted by Gasteiger charge is 2.25. The molecule has 0 bridgehead atoms. The number of rotatable bonds is 9. The fraction of sp³-hybridized carbons (Fsp3) is 0.125. The molecule has 18 heteroatoms. The van der Waals surface area contributed by atoms with E-state index in [1.54, 1.807) is 0 Å². The van der Waals surface area contributed by atoms with Gasteiger partial charge in [0.05, 0.1) is 9.75 Å². The van der Waals surface area contributed by atoms with Gasteiger partial charge in [-0.15, -0.1) is 10.2 Å². The lowest BCUT2D eigenvalue weighted by molar-refractivity contribution is -0.384. The lowest BCUT2D eigenvalue weighted by Crippen LogP contribution is -2.17. The number of aromatic hydroxyl groups is 2. The SMILES string of the molecule is O=C(Cc1ccc2c(O)c(N=Nc3c(O)cc(S(=O)(=O)O)c4cc([N+](=O)[O-])ccc34)c(S(=O)(=O)O)cc2c1)C(Br)CBr. The molecular formula is C24H17Br2N3O11S2. The summed E-state index contributed by atoms with van der Waals surface area (Å²) < 4.78 is 67.8. The zero-order valence-corrected chi connectivity index (χ0v) is 25.5. The summed E-state index contributed by atoms with van der Waals surface area (Å²) >= 11 is 6.42. The first kappa shape index (κ1) is 31.4. The number of Topliss-reactive ketones (excluding diaryl/α,β-unsaturated/α-hetero) is 1. The fourth-order valence-electron chi connectivity index (χ4n) is 4.09. The number of benzene rings is 4. The topological polar surface area (TPSA) is 234 Å². The van der Waals surface area contributed by atoms with Gasteiger partial charge >= 0.3 is 0 Å². The highest BCUT2D eigenvalue weighted by molar-refractivity contribution is 9.12. The van der Waals surface area contributed by atoms with Crippen molar-refractivity contribution in [2.24, 2.45) is 10.2 Å². The van der Waals surface area contributed by atoms with Crippen molar-refractivity contribution < 1.29 is 45.9 Å². The van der Waals surface area contributed by atoms with Gasteiger partial charge in [0, 0.05) is 46.1 Å². The van der Waals surface area contributed by atoms with Crippen LogP contribution in [0, 0.1) is 10.1 Å². The number of phenolic OH excluding ortho intramolecular Hbond substituents is 2. The number of halogens is 2. The van der Waals surface area contributed by atoms with Gasteiger partial charge in [0.15, 0.2) is 11.5 Å². The summed E-state index contributed by atoms with van der Waals surface area (Å²) in [7, 11) is -10.0. The third-order valence-corrected chi connectivity index (χ3v) is 10.1. The summed E-state index contributed by atoms with van der Waals surface area (Å²) in [5, 5.41) is 40.1. The lowest BCUT2D eigenvalue weighted by Gasteiger charge is -2.12. The first-order valence-corrected chi connectivity index (χ1v) is 16.3. The minimum absolute atomic E-state index is 0.0229. The second kappa shape index (κ2) is 11.6. The second-order valence-electron chi connectivity index (χ2n) is 8.77. The van der Waals surface area contributed by atoms with Gasteiger partial charge in [-0.2, -0.15) is 16.8 Å². The van der Waals surface area contributed by atoms with Crippen LogP contribution in [-0.4, -0.2) is 57.0 Å². The molecule has 4 aromatic rings. The number of carbonyl (C=O) groups is 1. The molecule has 1 unspecified atom stereocenters. The van der Waals surface area contributed by atoms with Crippen molar-refractivity contribution in [2.75, 3.05) is 5.33 Å². The van der Waals surface area contributed by atoms with Gasteiger partial charge in [-0.3, -0.25) is 24.0 Å². The first-order chi connectivity index (χ1) is 19.5. The first-order valence-electron chi connectivity index (χ1n) is 11.3. The van der Waals surface area contributed by atoms with Gasteiger partial charge in [0.2, 0.25) is 0 Å². The average Bonchev–Trinajstić information content (AvgIpc) is 2.90. The summed E-state index contributed by atoms with van der Waals surface area (Å²) in [4.78, 5) is 20.5. The van der Waals surface area contributed by atoms with Crippen molar-refractivity contribution in [3.05, 3.63) is 64.2 Å². The standard InChI is InChI=1S/C24H17Br2N3O11S2/c25-10-17(26)18(30)6-11-1-3-14-12(5-11)7-21(42(38,39)40)23(24(14)32)28-27-22-15-4-2-13(29(33)34)8-16(15)20(9-19(22)31)41(35,36)37/h1-5,7-9,17,31-32H,6,10H2,(H,35,36,37)(H,38,39,40). The number of azo groups is 1. The van der Waals surface area contributed by atoms with Gasteiger partial charge in [-0.05, 0) is 23.1 Å². The normalized spacial score (nSPS) is 13.1. The molecule has 0 aromatic heterocycles. The molecule has 0 radical (unpaired) electrons. The van der Waals surface area contributed by atoms with Gasteiger partial charge < -0.3 is 10.2 Å². The van der Waals surface area contributed by atoms with E-state index in [1.807, 2.05) is 0 Å². The van der Waals surface area contributed by atoms with Crippen LogP contribution in [0.1, 0.15) is 5.56 Å². The predicted molar refractivity (Wildman–Crippen MR) is 157 cm³/mol. The maximum Gasteiger partial charge on any atom is 0.296 e. The molecule has 0 spiro atoms. The molecule has 0 heterocycles. The van der Waals surface area contributed by atoms with Crippen molar-refractivity contribution >= 4 is 96.5 Å². The molecule has 0 aliphatic carbocycles. The van der Waals surface area contributed by atoms with Crippen LogP contribution in [0.15, 0.2) is 68.6 Å². The number of nitro benzene ring substituents is 1. The van der Waals surface area contributed by atoms with Crippen molar-refractivity contribution in [1.29, 1.82) is 0 Å². The molecule has 4 aromatic carbocycles. The minimum atomic E-state index is -5.04. The van der Waals surface area contributed by atoms with Crippen LogP contribution in [0.3, 0.4) is 0 Å². The van der Waals surface area contributed by atoms with E-state index >= 15 is 0 Å². The van der Waals surface area contributed by atoms with Crippen LogP contribution in [-0.2, 0) is 31.5 Å². The van der Waals surface area contributed by atoms with Crippen LogP contribution in [0.4, 0.5) is 17.1 Å². The van der Waals surface area contributed by atoms with Crippen LogP contribution in [0.5, 0.6) is 11.5 Å². The number of alkyl halides is 2. The predicted octanol–water partition coefficient (Wildman–Crippen LogP) is 5.49. The Hall–Kier alpha value is -3.55. The number of hydrogen-bond acceptors (Lipinski definition) is 11. The maximum absolute atomic E-state index is 12.3. The van der Waals surface area contributed by atoms with Crippen LogP contribution in [0.25, 0.3) is 21.5 Å². The number of nitro groups is 1. The van der Waals surface area contributed by atoms with Crippen LogP contribution >= 0.6 is 31.9 Å². The van der Waals surface area contributed by atoms with Gasteiger partial charge in [-0.25, -0.2) is 0 Å². The summed E-state index contributed by atoms with van der Waals surface area (Å²) in [5.41, 5.74) is -1.32. The highest BCUT2D eigenvalue weighted by atomic mass is 79.9. The van der Waals surface area contributed by atoms with Crippen LogP contribution in [0.2, 0.25) is 0 Å². The zero-order valence-electron chi connectivity index (χ0n) is 20.7. The highest BCUT2D eigenvalue weighted by Crippen LogP contribution is 2.45. The van der Waals surface area contributed by atoms with Gasteiger partial charge in [-0.1, -0.05) is 50.1 Å². The summed E-state index contributed by atoms with van der Waals surface area (Å²) in [6, 6.07) is 8.70. The molecule has 220 valence electrons. The molecule has 0 aliphatic rings. The molecule has 4 N–H and O–H groups in total. The monoisotopic (exact) mass is 745 g/mol. The molecule has 0 aliphatic heterocycles. The smallest absolute Gasteiger partial charge is 0.296 e. The molecule has 4 rings (SSSR count). The maximum atomic E-state index is 12.3. The Morgan fingerprint density at radius 2 is 1.50 bits per heavy atom. The fourth-order valence-corrected chi connectivity index (χ4v) is 5.97. The summed E-state index contributed by atoms with van der Waals surface area (Å²) in [6.07, 6.45) is -0.0229. The Kier molecular flexibility index (Phi) is 8.68. The number of carbonyl (C=O) groups excluding carboxylic acids is 1. The van der Waals surface area contributed by atoms with Gasteiger partial charge in [0.1, 0.15) is 26.9 Å². The zero-order chi connectivity index (χ0) is 31.1. The van der Waals surface area contributed by atoms with Crippen molar-refractivity contribution in [3.63, 3.8) is 0 Å². The van der Waals surface area contributed by atoms with E-state index < -0.39 is 73.7 Å². The third-order valence-electron chi connectivity index (χ3n) is 6.03. The Balaban J connectivity index is 1.93. The number of ketones is 1. The molecule has 0 saturated carbocycles. The molecule has 0 amide bonds. The van der Waals surface area contributed by atoms with E-state index in [9.17, 15) is 51.1 Å². The Bertz CT molecular complexity index is 2050. The number of phenols is 2. The minimum Gasteiger partial charge on any atom is -0.506 e. The van der Waals surface area contributed by atoms with Gasteiger partial charge in [0.25, 0.3) is 25.9 Å². The van der Waals surface area contributed by atoms with Crippen molar-refractivity contribution in [3.8, 4) is 11.5 Å². The molecule has 42 heavy (non-hydrogen) atoms. The number of non-ortho nitro benzene ring substituents is 1. The largest absolute Gasteiger partial charge is 0.506 e. The number of nitrogens with zero attached hydrogens (tertiary/aromatic N) is 3. The van der Waals surface area contributed by atoms with Crippen molar-refractivity contribution in [1.82, 2.24) is 0 Å². The van der Waals surface area contributed by atoms with Crippen molar-refractivity contribution in [2.45, 2.75) is 21.0 Å². The second-order valence-corrected chi connectivity index (χ2v) is 13.3. The number of fused-ring (bicyclic) bond motifs is 2. The Labute approximate surface area is 253 Å². The average molecular weight is 747 g/mol. The van der Waals surface area contributed by atoms with E-state index in [2.05, 4.69) is 42.1 Å². The van der Waals surface area contributed by atoms with E-state index in [-0.39, 0.29) is 28.4 Å². The summed E-state index contributed by atoms with van der Waals surface area (Å²) in [5.74, 6) is -1.79. The quantitative estimate of drug-likeness (QED) is 0.0549. The van der Waals surface area contributed by atoms with E-state index in [4.69, 9.17) is 0 Å². The number of hydrogen-bond donors (Lipinski definition) is 4.